The van der Waals surface area contributed by atoms with E-state index in [0.29, 0.717) is 12.1 Å². The summed E-state index contributed by atoms with van der Waals surface area (Å²) in [7, 11) is 0. The molecule has 1 aromatic carbocycles. The van der Waals surface area contributed by atoms with Crippen LogP contribution in [0.2, 0.25) is 0 Å². The fraction of sp³-hybridized carbons (Fsp3) is 0.444. The van der Waals surface area contributed by atoms with E-state index in [1.165, 1.54) is 4.90 Å². The molecule has 1 N–H and O–H groups in total. The third-order valence-electron chi connectivity index (χ3n) is 3.67. The molecule has 1 amide bonds. The number of aromatic nitrogens is 1. The van der Waals surface area contributed by atoms with Crippen LogP contribution in [0.15, 0.2) is 30.5 Å². The highest BCUT2D eigenvalue weighted by atomic mass is 16.6. The van der Waals surface area contributed by atoms with Crippen molar-refractivity contribution in [3.05, 3.63) is 36.0 Å². The summed E-state index contributed by atoms with van der Waals surface area (Å²) < 4.78 is 5.39. The standard InChI is InChI=1S/C18H24N2O3/c1-6-20(17(22)23-18(3,4)5)12(2)16(21)14-11-19-15-10-8-7-9-13(14)15/h7-12,19H,6H2,1-5H3. The Morgan fingerprint density at radius 2 is 1.91 bits per heavy atom. The number of H-pyrrole nitrogens is 1. The Morgan fingerprint density at radius 3 is 2.52 bits per heavy atom. The largest absolute Gasteiger partial charge is 0.444 e. The Kier molecular flexibility index (Phi) is 4.78. The number of hydrogen-bond acceptors (Lipinski definition) is 3. The lowest BCUT2D eigenvalue weighted by atomic mass is 10.0. The van der Waals surface area contributed by atoms with E-state index in [-0.39, 0.29) is 5.78 Å². The third kappa shape index (κ3) is 3.73. The van der Waals surface area contributed by atoms with Gasteiger partial charge in [0.2, 0.25) is 0 Å². The van der Waals surface area contributed by atoms with Gasteiger partial charge in [0.1, 0.15) is 5.60 Å². The van der Waals surface area contributed by atoms with Crippen molar-refractivity contribution in [2.45, 2.75) is 46.3 Å². The number of nitrogens with zero attached hydrogens (tertiary/aromatic N) is 1. The highest BCUT2D eigenvalue weighted by Gasteiger charge is 2.30. The Labute approximate surface area is 136 Å². The molecular formula is C18H24N2O3. The quantitative estimate of drug-likeness (QED) is 0.867. The van der Waals surface area contributed by atoms with E-state index in [4.69, 9.17) is 4.74 Å². The van der Waals surface area contributed by atoms with Gasteiger partial charge in [0.15, 0.2) is 5.78 Å². The summed E-state index contributed by atoms with van der Waals surface area (Å²) in [5, 5.41) is 0.865. The molecule has 0 fully saturated rings. The molecule has 1 aromatic heterocycles. The van der Waals surface area contributed by atoms with Crippen LogP contribution in [0, 0.1) is 0 Å². The number of aromatic amines is 1. The van der Waals surface area contributed by atoms with E-state index < -0.39 is 17.7 Å². The van der Waals surface area contributed by atoms with E-state index in [1.807, 2.05) is 52.0 Å². The first-order valence-corrected chi connectivity index (χ1v) is 7.84. The van der Waals surface area contributed by atoms with Crippen molar-refractivity contribution in [1.82, 2.24) is 9.88 Å². The summed E-state index contributed by atoms with van der Waals surface area (Å²) in [6.45, 7) is 9.41. The SMILES string of the molecule is CCN(C(=O)OC(C)(C)C)C(C)C(=O)c1c[nH]c2ccccc12. The van der Waals surface area contributed by atoms with Gasteiger partial charge in [0, 0.05) is 29.2 Å². The maximum Gasteiger partial charge on any atom is 0.410 e. The lowest BCUT2D eigenvalue weighted by Crippen LogP contribution is -2.45. The van der Waals surface area contributed by atoms with Gasteiger partial charge in [-0.25, -0.2) is 4.79 Å². The van der Waals surface area contributed by atoms with E-state index in [9.17, 15) is 9.59 Å². The topological polar surface area (TPSA) is 62.4 Å². The molecule has 0 aliphatic carbocycles. The number of para-hydroxylation sites is 1. The lowest BCUT2D eigenvalue weighted by molar-refractivity contribution is 0.0187. The molecule has 0 bridgehead atoms. The predicted octanol–water partition coefficient (Wildman–Crippen LogP) is 4.00. The smallest absolute Gasteiger partial charge is 0.410 e. The first-order chi connectivity index (χ1) is 10.7. The highest BCUT2D eigenvalue weighted by Crippen LogP contribution is 2.21. The molecule has 1 heterocycles. The Balaban J connectivity index is 2.25. The number of hydrogen-bond donors (Lipinski definition) is 1. The number of carbonyl (C=O) groups excluding carboxylic acids is 2. The number of likely N-dealkylation sites (N-methyl/N-ethyl adjacent to an activating group) is 1. The van der Waals surface area contributed by atoms with Crippen LogP contribution in [-0.2, 0) is 4.74 Å². The summed E-state index contributed by atoms with van der Waals surface area (Å²) >= 11 is 0. The normalized spacial score (nSPS) is 12.9. The second-order valence-electron chi connectivity index (χ2n) is 6.55. The van der Waals surface area contributed by atoms with Gasteiger partial charge in [-0.2, -0.15) is 0 Å². The van der Waals surface area contributed by atoms with Crippen molar-refractivity contribution in [2.75, 3.05) is 6.54 Å². The molecule has 5 nitrogen and oxygen atoms in total. The van der Waals surface area contributed by atoms with Crippen molar-refractivity contribution < 1.29 is 14.3 Å². The van der Waals surface area contributed by atoms with Gasteiger partial charge in [-0.15, -0.1) is 0 Å². The number of carbonyl (C=O) groups is 2. The zero-order valence-corrected chi connectivity index (χ0v) is 14.3. The molecule has 0 saturated carbocycles. The molecule has 0 aliphatic rings. The number of nitrogens with one attached hydrogen (secondary N) is 1. The number of benzene rings is 1. The van der Waals surface area contributed by atoms with Crippen molar-refractivity contribution in [1.29, 1.82) is 0 Å². The molecule has 0 spiro atoms. The average Bonchev–Trinajstić information content (AvgIpc) is 2.89. The Hall–Kier alpha value is -2.30. The summed E-state index contributed by atoms with van der Waals surface area (Å²) in [6.07, 6.45) is 1.23. The van der Waals surface area contributed by atoms with Gasteiger partial charge in [0.25, 0.3) is 0 Å². The number of Topliss-reactive ketones (excluding diaryl/α,β-unsaturated/α-hetero) is 1. The molecule has 124 valence electrons. The second kappa shape index (κ2) is 6.44. The molecule has 2 rings (SSSR count). The molecule has 2 aromatic rings. The number of ketones is 1. The number of ether oxygens (including phenoxy) is 1. The van der Waals surface area contributed by atoms with E-state index in [2.05, 4.69) is 4.98 Å². The number of fused-ring (bicyclic) bond motifs is 1. The van der Waals surface area contributed by atoms with Crippen LogP contribution in [-0.4, -0.2) is 39.9 Å². The van der Waals surface area contributed by atoms with Crippen LogP contribution in [0.1, 0.15) is 45.0 Å². The van der Waals surface area contributed by atoms with Crippen LogP contribution >= 0.6 is 0 Å². The van der Waals surface area contributed by atoms with Gasteiger partial charge in [0.05, 0.1) is 6.04 Å². The maximum absolute atomic E-state index is 12.8. The van der Waals surface area contributed by atoms with Crippen molar-refractivity contribution in [2.24, 2.45) is 0 Å². The zero-order valence-electron chi connectivity index (χ0n) is 14.3. The van der Waals surface area contributed by atoms with Gasteiger partial charge >= 0.3 is 6.09 Å². The molecule has 1 atom stereocenters. The van der Waals surface area contributed by atoms with Crippen LogP contribution < -0.4 is 0 Å². The van der Waals surface area contributed by atoms with Crippen molar-refractivity contribution in [3.63, 3.8) is 0 Å². The fourth-order valence-electron chi connectivity index (χ4n) is 2.52. The highest BCUT2D eigenvalue weighted by molar-refractivity contribution is 6.10. The number of amides is 1. The summed E-state index contributed by atoms with van der Waals surface area (Å²) in [4.78, 5) is 29.7. The minimum atomic E-state index is -0.589. The molecule has 5 heteroatoms. The second-order valence-corrected chi connectivity index (χ2v) is 6.55. The summed E-state index contributed by atoms with van der Waals surface area (Å²) in [5.41, 5.74) is 0.909. The minimum Gasteiger partial charge on any atom is -0.444 e. The Bertz CT molecular complexity index is 712. The van der Waals surface area contributed by atoms with Crippen molar-refractivity contribution >= 4 is 22.8 Å². The molecule has 1 unspecified atom stereocenters. The van der Waals surface area contributed by atoms with Gasteiger partial charge < -0.3 is 9.72 Å². The molecule has 23 heavy (non-hydrogen) atoms. The predicted molar refractivity (Wildman–Crippen MR) is 90.7 cm³/mol. The fourth-order valence-corrected chi connectivity index (χ4v) is 2.52. The Morgan fingerprint density at radius 1 is 1.26 bits per heavy atom. The summed E-state index contributed by atoms with van der Waals surface area (Å²) in [5.74, 6) is -0.102. The van der Waals surface area contributed by atoms with Crippen LogP contribution in [0.4, 0.5) is 4.79 Å². The third-order valence-corrected chi connectivity index (χ3v) is 3.67. The maximum atomic E-state index is 12.8. The first-order valence-electron chi connectivity index (χ1n) is 7.84. The zero-order chi connectivity index (χ0) is 17.2. The van der Waals surface area contributed by atoms with Crippen LogP contribution in [0.3, 0.4) is 0 Å². The van der Waals surface area contributed by atoms with E-state index in [1.54, 1.807) is 13.1 Å². The van der Waals surface area contributed by atoms with Crippen molar-refractivity contribution in [3.8, 4) is 0 Å². The van der Waals surface area contributed by atoms with Gasteiger partial charge in [-0.1, -0.05) is 18.2 Å². The van der Waals surface area contributed by atoms with Crippen LogP contribution in [0.25, 0.3) is 10.9 Å². The molecular weight excluding hydrogens is 292 g/mol. The van der Waals surface area contributed by atoms with Gasteiger partial charge in [-0.3, -0.25) is 9.69 Å². The number of rotatable bonds is 4. The van der Waals surface area contributed by atoms with E-state index >= 15 is 0 Å². The summed E-state index contributed by atoms with van der Waals surface area (Å²) in [6, 6.07) is 7.03. The molecule has 0 aliphatic heterocycles. The van der Waals surface area contributed by atoms with E-state index in [0.717, 1.165) is 10.9 Å². The minimum absolute atomic E-state index is 0.102. The monoisotopic (exact) mass is 316 g/mol. The average molecular weight is 316 g/mol. The first kappa shape index (κ1) is 17.1. The molecule has 0 saturated heterocycles. The van der Waals surface area contributed by atoms with Crippen LogP contribution in [0.5, 0.6) is 0 Å². The molecule has 0 radical (unpaired) electrons. The van der Waals surface area contributed by atoms with Gasteiger partial charge in [-0.05, 0) is 40.7 Å². The lowest BCUT2D eigenvalue weighted by Gasteiger charge is -2.30.